The minimum Gasteiger partial charge on any atom is -0.386 e. The topological polar surface area (TPSA) is 32.3 Å². The Morgan fingerprint density at radius 3 is 2.65 bits per heavy atom. The van der Waals surface area contributed by atoms with E-state index in [4.69, 9.17) is 11.6 Å². The summed E-state index contributed by atoms with van der Waals surface area (Å²) in [6.45, 7) is 0.0423. The highest BCUT2D eigenvalue weighted by Gasteiger charge is 2.14. The molecule has 106 valence electrons. The largest absolute Gasteiger partial charge is 0.386 e. The quantitative estimate of drug-likeness (QED) is 0.838. The second-order valence-electron chi connectivity index (χ2n) is 4.19. The van der Waals surface area contributed by atoms with Gasteiger partial charge in [0.25, 0.3) is 0 Å². The van der Waals surface area contributed by atoms with Crippen LogP contribution in [-0.2, 0) is 0 Å². The fraction of sp³-hybridized carbons (Fsp3) is 0.143. The maximum Gasteiger partial charge on any atom is 0.129 e. The normalized spacial score (nSPS) is 12.2. The second kappa shape index (κ2) is 6.52. The third-order valence-corrected chi connectivity index (χ3v) is 3.63. The van der Waals surface area contributed by atoms with Gasteiger partial charge in [0.1, 0.15) is 11.6 Å². The van der Waals surface area contributed by atoms with Crippen LogP contribution in [0.2, 0.25) is 5.02 Å². The van der Waals surface area contributed by atoms with Crippen molar-refractivity contribution in [3.05, 3.63) is 63.1 Å². The van der Waals surface area contributed by atoms with Gasteiger partial charge in [-0.15, -0.1) is 0 Å². The van der Waals surface area contributed by atoms with E-state index in [-0.39, 0.29) is 12.1 Å². The molecule has 0 amide bonds. The van der Waals surface area contributed by atoms with Gasteiger partial charge in [-0.2, -0.15) is 0 Å². The Hall–Kier alpha value is -1.17. The molecular weight excluding hydrogens is 352 g/mol. The zero-order chi connectivity index (χ0) is 14.7. The van der Waals surface area contributed by atoms with Gasteiger partial charge in [-0.25, -0.2) is 8.78 Å². The summed E-state index contributed by atoms with van der Waals surface area (Å²) >= 11 is 9.13. The molecule has 0 aliphatic carbocycles. The molecule has 0 heterocycles. The fourth-order valence-electron chi connectivity index (χ4n) is 1.72. The number of anilines is 1. The van der Waals surface area contributed by atoms with Crippen molar-refractivity contribution in [3.63, 3.8) is 0 Å². The molecule has 1 atom stereocenters. The maximum absolute atomic E-state index is 13.5. The standard InChI is InChI=1S/C14H11BrClF2NO/c15-11-5-8(16)1-4-13(11)19-7-14(20)10-6-9(17)2-3-12(10)18/h1-6,14,19-20H,7H2. The molecule has 2 N–H and O–H groups in total. The van der Waals surface area contributed by atoms with Crippen molar-refractivity contribution in [2.45, 2.75) is 6.10 Å². The van der Waals surface area contributed by atoms with Crippen LogP contribution < -0.4 is 5.32 Å². The van der Waals surface area contributed by atoms with Crippen LogP contribution in [0.25, 0.3) is 0 Å². The van der Waals surface area contributed by atoms with Gasteiger partial charge in [0.2, 0.25) is 0 Å². The van der Waals surface area contributed by atoms with Crippen molar-refractivity contribution in [1.82, 2.24) is 0 Å². The first-order chi connectivity index (χ1) is 9.47. The number of hydrogen-bond acceptors (Lipinski definition) is 2. The molecule has 2 aromatic rings. The lowest BCUT2D eigenvalue weighted by Crippen LogP contribution is -2.14. The number of halogens is 4. The van der Waals surface area contributed by atoms with Gasteiger partial charge in [0.15, 0.2) is 0 Å². The molecule has 0 bridgehead atoms. The third kappa shape index (κ3) is 3.69. The summed E-state index contributed by atoms with van der Waals surface area (Å²) in [6, 6.07) is 8.09. The van der Waals surface area contributed by atoms with E-state index in [1.54, 1.807) is 18.2 Å². The first-order valence-corrected chi connectivity index (χ1v) is 6.96. The van der Waals surface area contributed by atoms with Gasteiger partial charge in [-0.1, -0.05) is 11.6 Å². The van der Waals surface area contributed by atoms with E-state index >= 15 is 0 Å². The number of nitrogens with one attached hydrogen (secondary N) is 1. The molecular formula is C14H11BrClF2NO. The van der Waals surface area contributed by atoms with Crippen molar-refractivity contribution in [2.24, 2.45) is 0 Å². The number of aliphatic hydroxyl groups excluding tert-OH is 1. The first-order valence-electron chi connectivity index (χ1n) is 5.79. The van der Waals surface area contributed by atoms with Crippen molar-refractivity contribution in [2.75, 3.05) is 11.9 Å². The van der Waals surface area contributed by atoms with E-state index < -0.39 is 17.7 Å². The molecule has 0 saturated carbocycles. The minimum absolute atomic E-state index is 0.0423. The van der Waals surface area contributed by atoms with Crippen LogP contribution in [-0.4, -0.2) is 11.7 Å². The number of rotatable bonds is 4. The predicted octanol–water partition coefficient (Wildman–Crippen LogP) is 4.53. The molecule has 2 aromatic carbocycles. The predicted molar refractivity (Wildman–Crippen MR) is 79.0 cm³/mol. The Morgan fingerprint density at radius 1 is 1.20 bits per heavy atom. The Bertz CT molecular complexity index is 624. The first kappa shape index (κ1) is 15.2. The zero-order valence-electron chi connectivity index (χ0n) is 10.2. The molecule has 0 spiro atoms. The van der Waals surface area contributed by atoms with E-state index in [0.717, 1.165) is 22.7 Å². The van der Waals surface area contributed by atoms with Crippen LogP contribution in [0.3, 0.4) is 0 Å². The number of benzene rings is 2. The van der Waals surface area contributed by atoms with Crippen LogP contribution in [0.15, 0.2) is 40.9 Å². The summed E-state index contributed by atoms with van der Waals surface area (Å²) < 4.78 is 27.3. The minimum atomic E-state index is -1.16. The van der Waals surface area contributed by atoms with Gasteiger partial charge >= 0.3 is 0 Å². The Kier molecular flexibility index (Phi) is 4.96. The van der Waals surface area contributed by atoms with Crippen LogP contribution in [0.5, 0.6) is 0 Å². The van der Waals surface area contributed by atoms with Crippen LogP contribution in [0.4, 0.5) is 14.5 Å². The third-order valence-electron chi connectivity index (χ3n) is 2.73. The van der Waals surface area contributed by atoms with Crippen molar-refractivity contribution >= 4 is 33.2 Å². The Balaban J connectivity index is 2.08. The SMILES string of the molecule is OC(CNc1ccc(Cl)cc1Br)c1cc(F)ccc1F. The average Bonchev–Trinajstić information content (AvgIpc) is 2.40. The molecule has 6 heteroatoms. The van der Waals surface area contributed by atoms with E-state index in [0.29, 0.717) is 10.7 Å². The van der Waals surface area contributed by atoms with Gasteiger partial charge in [0.05, 0.1) is 6.10 Å². The smallest absolute Gasteiger partial charge is 0.129 e. The fourth-order valence-corrected chi connectivity index (χ4v) is 2.54. The van der Waals surface area contributed by atoms with Crippen molar-refractivity contribution < 1.29 is 13.9 Å². The van der Waals surface area contributed by atoms with E-state index in [2.05, 4.69) is 21.2 Å². The van der Waals surface area contributed by atoms with Crippen LogP contribution >= 0.6 is 27.5 Å². The average molecular weight is 363 g/mol. The van der Waals surface area contributed by atoms with Crippen LogP contribution in [0.1, 0.15) is 11.7 Å². The Labute approximate surface area is 128 Å². The summed E-state index contributed by atoms with van der Waals surface area (Å²) in [6.07, 6.45) is -1.16. The molecule has 2 rings (SSSR count). The molecule has 0 fully saturated rings. The summed E-state index contributed by atoms with van der Waals surface area (Å²) in [5, 5.41) is 13.4. The summed E-state index contributed by atoms with van der Waals surface area (Å²) in [5.41, 5.74) is 0.618. The second-order valence-corrected chi connectivity index (χ2v) is 5.48. The van der Waals surface area contributed by atoms with Crippen LogP contribution in [0, 0.1) is 11.6 Å². The molecule has 0 aliphatic heterocycles. The highest BCUT2D eigenvalue weighted by molar-refractivity contribution is 9.10. The maximum atomic E-state index is 13.5. The lowest BCUT2D eigenvalue weighted by Gasteiger charge is -2.15. The Morgan fingerprint density at radius 2 is 1.95 bits per heavy atom. The van der Waals surface area contributed by atoms with Gasteiger partial charge in [0, 0.05) is 27.3 Å². The number of aliphatic hydroxyl groups is 1. The highest BCUT2D eigenvalue weighted by atomic mass is 79.9. The monoisotopic (exact) mass is 361 g/mol. The molecule has 2 nitrogen and oxygen atoms in total. The van der Waals surface area contributed by atoms with Crippen molar-refractivity contribution in [1.29, 1.82) is 0 Å². The lowest BCUT2D eigenvalue weighted by molar-refractivity contribution is 0.186. The molecule has 0 saturated heterocycles. The summed E-state index contributed by atoms with van der Waals surface area (Å²) in [5.74, 6) is -1.23. The van der Waals surface area contributed by atoms with Gasteiger partial charge in [-0.05, 0) is 52.3 Å². The zero-order valence-corrected chi connectivity index (χ0v) is 12.5. The number of hydrogen-bond donors (Lipinski definition) is 2. The highest BCUT2D eigenvalue weighted by Crippen LogP contribution is 2.27. The van der Waals surface area contributed by atoms with E-state index in [1.165, 1.54) is 0 Å². The summed E-state index contributed by atoms with van der Waals surface area (Å²) in [7, 11) is 0. The van der Waals surface area contributed by atoms with E-state index in [9.17, 15) is 13.9 Å². The van der Waals surface area contributed by atoms with Gasteiger partial charge in [-0.3, -0.25) is 0 Å². The van der Waals surface area contributed by atoms with Gasteiger partial charge < -0.3 is 10.4 Å². The molecule has 0 aliphatic rings. The molecule has 20 heavy (non-hydrogen) atoms. The van der Waals surface area contributed by atoms with Crippen molar-refractivity contribution in [3.8, 4) is 0 Å². The lowest BCUT2D eigenvalue weighted by atomic mass is 10.1. The summed E-state index contributed by atoms with van der Waals surface area (Å²) in [4.78, 5) is 0. The molecule has 0 aromatic heterocycles. The molecule has 1 unspecified atom stereocenters. The van der Waals surface area contributed by atoms with E-state index in [1.807, 2.05) is 0 Å². The molecule has 0 radical (unpaired) electrons.